The minimum atomic E-state index is -3.40. The van der Waals surface area contributed by atoms with E-state index in [2.05, 4.69) is 4.90 Å². The zero-order valence-electron chi connectivity index (χ0n) is 11.9. The van der Waals surface area contributed by atoms with Crippen LogP contribution in [0.5, 0.6) is 0 Å². The molecule has 0 amide bonds. The number of hydrogen-bond donors (Lipinski definition) is 1. The van der Waals surface area contributed by atoms with Gasteiger partial charge in [-0.25, -0.2) is 0 Å². The van der Waals surface area contributed by atoms with E-state index in [1.54, 1.807) is 4.31 Å². The van der Waals surface area contributed by atoms with Crippen LogP contribution in [0.4, 0.5) is 0 Å². The summed E-state index contributed by atoms with van der Waals surface area (Å²) in [7, 11) is -3.40. The third-order valence-electron chi connectivity index (χ3n) is 4.74. The Balaban J connectivity index is 1.65. The van der Waals surface area contributed by atoms with Crippen molar-refractivity contribution in [3.63, 3.8) is 0 Å². The van der Waals surface area contributed by atoms with Gasteiger partial charge in [0.2, 0.25) is 0 Å². The van der Waals surface area contributed by atoms with Crippen molar-refractivity contribution < 1.29 is 13.5 Å². The average molecular weight is 303 g/mol. The van der Waals surface area contributed by atoms with Gasteiger partial charge in [-0.1, -0.05) is 6.42 Å². The van der Waals surface area contributed by atoms with Crippen LogP contribution in [0.3, 0.4) is 0 Å². The van der Waals surface area contributed by atoms with Crippen LogP contribution in [-0.2, 0) is 10.2 Å². The zero-order valence-corrected chi connectivity index (χ0v) is 12.8. The zero-order chi connectivity index (χ0) is 14.2. The molecule has 0 radical (unpaired) electrons. The molecule has 0 aromatic rings. The van der Waals surface area contributed by atoms with Gasteiger partial charge < -0.3 is 5.11 Å². The summed E-state index contributed by atoms with van der Waals surface area (Å²) < 4.78 is 28.6. The van der Waals surface area contributed by atoms with Crippen molar-refractivity contribution in [2.24, 2.45) is 0 Å². The van der Waals surface area contributed by atoms with Crippen molar-refractivity contribution in [3.8, 4) is 0 Å². The lowest BCUT2D eigenvalue weighted by Crippen LogP contribution is -2.56. The van der Waals surface area contributed by atoms with E-state index in [-0.39, 0.29) is 12.6 Å². The summed E-state index contributed by atoms with van der Waals surface area (Å²) in [5.41, 5.74) is 0. The van der Waals surface area contributed by atoms with Crippen molar-refractivity contribution in [1.29, 1.82) is 0 Å². The Morgan fingerprint density at radius 3 is 2.25 bits per heavy atom. The number of piperidine rings is 1. The number of nitrogens with zero attached hydrogens (tertiary/aromatic N) is 3. The predicted molar refractivity (Wildman–Crippen MR) is 76.5 cm³/mol. The summed E-state index contributed by atoms with van der Waals surface area (Å²) in [5.74, 6) is 0. The van der Waals surface area contributed by atoms with Gasteiger partial charge >= 0.3 is 0 Å². The lowest BCUT2D eigenvalue weighted by Gasteiger charge is -2.40. The molecule has 0 bridgehead atoms. The Labute approximate surface area is 121 Å². The second kappa shape index (κ2) is 5.88. The molecule has 20 heavy (non-hydrogen) atoms. The molecule has 6 nitrogen and oxygen atoms in total. The van der Waals surface area contributed by atoms with E-state index in [1.165, 1.54) is 17.1 Å². The number of aliphatic hydroxyl groups is 1. The maximum atomic E-state index is 12.7. The van der Waals surface area contributed by atoms with E-state index in [4.69, 9.17) is 0 Å². The summed E-state index contributed by atoms with van der Waals surface area (Å²) in [6.45, 7) is 3.36. The monoisotopic (exact) mass is 303 g/mol. The molecule has 1 N–H and O–H groups in total. The van der Waals surface area contributed by atoms with E-state index >= 15 is 0 Å². The fraction of sp³-hybridized carbons (Fsp3) is 1.00. The van der Waals surface area contributed by atoms with Gasteiger partial charge in [-0.2, -0.15) is 17.0 Å². The molecule has 7 heteroatoms. The molecular weight excluding hydrogens is 278 g/mol. The third kappa shape index (κ3) is 2.87. The second-order valence-corrected chi connectivity index (χ2v) is 8.00. The normalized spacial score (nSPS) is 31.6. The Kier molecular flexibility index (Phi) is 4.33. The highest BCUT2D eigenvalue weighted by atomic mass is 32.2. The molecule has 3 aliphatic rings. The summed E-state index contributed by atoms with van der Waals surface area (Å²) in [6, 6.07) is 0.482. The number of piperazine rings is 1. The smallest absolute Gasteiger partial charge is 0.282 e. The standard InChI is InChI=1S/C13H25N3O3S/c17-11-13-3-1-2-6-16(13)20(18,19)15-9-7-14(8-10-15)12-4-5-12/h12-13,17H,1-11H2. The largest absolute Gasteiger partial charge is 0.395 e. The molecule has 0 aromatic heterocycles. The van der Waals surface area contributed by atoms with E-state index in [9.17, 15) is 13.5 Å². The summed E-state index contributed by atoms with van der Waals surface area (Å²) in [6.07, 6.45) is 5.22. The van der Waals surface area contributed by atoms with Crippen molar-refractivity contribution in [3.05, 3.63) is 0 Å². The van der Waals surface area contributed by atoms with Gasteiger partial charge in [0.25, 0.3) is 10.2 Å². The van der Waals surface area contributed by atoms with Gasteiger partial charge in [0, 0.05) is 44.8 Å². The molecule has 2 aliphatic heterocycles. The molecule has 116 valence electrons. The lowest BCUT2D eigenvalue weighted by molar-refractivity contribution is 0.135. The minimum absolute atomic E-state index is 0.0682. The highest BCUT2D eigenvalue weighted by Crippen LogP contribution is 2.29. The van der Waals surface area contributed by atoms with Gasteiger partial charge in [0.15, 0.2) is 0 Å². The van der Waals surface area contributed by atoms with Crippen molar-refractivity contribution in [2.75, 3.05) is 39.3 Å². The van der Waals surface area contributed by atoms with E-state index in [0.717, 1.165) is 32.4 Å². The van der Waals surface area contributed by atoms with Crippen molar-refractivity contribution in [1.82, 2.24) is 13.5 Å². The quantitative estimate of drug-likeness (QED) is 0.785. The molecule has 0 spiro atoms. The fourth-order valence-electron chi connectivity index (χ4n) is 3.35. The Morgan fingerprint density at radius 2 is 1.65 bits per heavy atom. The molecule has 1 saturated carbocycles. The Morgan fingerprint density at radius 1 is 0.950 bits per heavy atom. The predicted octanol–water partition coefficient (Wildman–Crippen LogP) is -0.142. The number of hydrogen-bond acceptors (Lipinski definition) is 4. The van der Waals surface area contributed by atoms with Crippen LogP contribution in [0.25, 0.3) is 0 Å². The minimum Gasteiger partial charge on any atom is -0.395 e. The van der Waals surface area contributed by atoms with E-state index in [0.29, 0.717) is 25.7 Å². The summed E-state index contributed by atoms with van der Waals surface area (Å²) in [4.78, 5) is 2.41. The molecule has 2 saturated heterocycles. The molecule has 1 unspecified atom stereocenters. The van der Waals surface area contributed by atoms with Gasteiger partial charge in [-0.3, -0.25) is 4.90 Å². The second-order valence-electron chi connectivity index (χ2n) is 6.12. The van der Waals surface area contributed by atoms with E-state index in [1.807, 2.05) is 0 Å². The first-order valence-corrected chi connectivity index (χ1v) is 9.14. The van der Waals surface area contributed by atoms with Crippen LogP contribution in [0.15, 0.2) is 0 Å². The number of rotatable bonds is 4. The van der Waals surface area contributed by atoms with Crippen LogP contribution >= 0.6 is 0 Å². The lowest BCUT2D eigenvalue weighted by atomic mass is 10.1. The SMILES string of the molecule is O=S(=O)(N1CCN(C2CC2)CC1)N1CCCCC1CO. The Bertz CT molecular complexity index is 430. The van der Waals surface area contributed by atoms with Crippen LogP contribution in [0.2, 0.25) is 0 Å². The molecule has 3 rings (SSSR count). The van der Waals surface area contributed by atoms with E-state index < -0.39 is 10.2 Å². The molecule has 1 atom stereocenters. The van der Waals surface area contributed by atoms with Gasteiger partial charge in [0.05, 0.1) is 6.61 Å². The molecule has 2 heterocycles. The molecule has 1 aliphatic carbocycles. The van der Waals surface area contributed by atoms with Crippen molar-refractivity contribution in [2.45, 2.75) is 44.2 Å². The van der Waals surface area contributed by atoms with Gasteiger partial charge in [0.1, 0.15) is 0 Å². The van der Waals surface area contributed by atoms with Crippen LogP contribution in [0.1, 0.15) is 32.1 Å². The summed E-state index contributed by atoms with van der Waals surface area (Å²) in [5, 5.41) is 9.41. The third-order valence-corrected chi connectivity index (χ3v) is 6.83. The van der Waals surface area contributed by atoms with Gasteiger partial charge in [-0.05, 0) is 25.7 Å². The van der Waals surface area contributed by atoms with Gasteiger partial charge in [-0.15, -0.1) is 0 Å². The van der Waals surface area contributed by atoms with Crippen molar-refractivity contribution >= 4 is 10.2 Å². The van der Waals surface area contributed by atoms with Crippen LogP contribution in [0, 0.1) is 0 Å². The average Bonchev–Trinajstić information content (AvgIpc) is 3.32. The first-order chi connectivity index (χ1) is 9.63. The molecule has 3 fully saturated rings. The maximum Gasteiger partial charge on any atom is 0.282 e. The number of aliphatic hydroxyl groups excluding tert-OH is 1. The maximum absolute atomic E-state index is 12.7. The van der Waals surface area contributed by atoms with Crippen LogP contribution < -0.4 is 0 Å². The highest BCUT2D eigenvalue weighted by molar-refractivity contribution is 7.86. The first-order valence-electron chi connectivity index (χ1n) is 7.75. The topological polar surface area (TPSA) is 64.1 Å². The fourth-order valence-corrected chi connectivity index (χ4v) is 5.18. The molecule has 0 aromatic carbocycles. The highest BCUT2D eigenvalue weighted by Gasteiger charge is 2.39. The molecular formula is C13H25N3O3S. The van der Waals surface area contributed by atoms with Crippen LogP contribution in [-0.4, -0.2) is 78.4 Å². The Hall–Kier alpha value is -0.210. The first kappa shape index (κ1) is 14.7. The summed E-state index contributed by atoms with van der Waals surface area (Å²) >= 11 is 0.